The largest absolute Gasteiger partial charge is 0.508 e. The van der Waals surface area contributed by atoms with E-state index in [2.05, 4.69) is 0 Å². The Labute approximate surface area is 108 Å². The molecule has 0 spiro atoms. The van der Waals surface area contributed by atoms with Crippen LogP contribution in [-0.2, 0) is 9.53 Å². The molecule has 1 atom stereocenters. The number of benzene rings is 1. The van der Waals surface area contributed by atoms with E-state index in [0.717, 1.165) is 0 Å². The fourth-order valence-electron chi connectivity index (χ4n) is 1.74. The molecule has 0 saturated heterocycles. The third-order valence-electron chi connectivity index (χ3n) is 2.49. The molecule has 0 aromatic heterocycles. The van der Waals surface area contributed by atoms with E-state index in [-0.39, 0.29) is 30.6 Å². The lowest BCUT2D eigenvalue weighted by Crippen LogP contribution is -2.26. The zero-order chi connectivity index (χ0) is 13.8. The summed E-state index contributed by atoms with van der Waals surface area (Å²) in [5.41, 5.74) is 5.85. The number of ether oxygens (including phenoxy) is 1. The van der Waals surface area contributed by atoms with Crippen LogP contribution in [0.2, 0.25) is 0 Å². The average Bonchev–Trinajstić information content (AvgIpc) is 2.24. The van der Waals surface area contributed by atoms with Crippen LogP contribution in [0.15, 0.2) is 24.3 Å². The van der Waals surface area contributed by atoms with Gasteiger partial charge in [-0.25, -0.2) is 0 Å². The van der Waals surface area contributed by atoms with Crippen molar-refractivity contribution in [1.82, 2.24) is 0 Å². The molecule has 100 valence electrons. The van der Waals surface area contributed by atoms with Gasteiger partial charge in [-0.2, -0.15) is 0 Å². The molecule has 0 radical (unpaired) electrons. The molecule has 1 aromatic carbocycles. The Hall–Kier alpha value is -1.55. The number of para-hydroxylation sites is 1. The molecule has 0 aliphatic carbocycles. The smallest absolute Gasteiger partial charge is 0.306 e. The first-order chi connectivity index (χ1) is 8.33. The number of rotatable bonds is 4. The monoisotopic (exact) mass is 251 g/mol. The second-order valence-corrected chi connectivity index (χ2v) is 5.28. The van der Waals surface area contributed by atoms with E-state index in [0.29, 0.717) is 5.56 Å². The van der Waals surface area contributed by atoms with E-state index < -0.39 is 5.60 Å². The molecule has 0 fully saturated rings. The summed E-state index contributed by atoms with van der Waals surface area (Å²) in [6, 6.07) is 6.91. The first-order valence-corrected chi connectivity index (χ1v) is 6.03. The van der Waals surface area contributed by atoms with E-state index in [4.69, 9.17) is 10.5 Å². The van der Waals surface area contributed by atoms with Gasteiger partial charge in [-0.05, 0) is 38.9 Å². The highest BCUT2D eigenvalue weighted by molar-refractivity contribution is 5.71. The van der Waals surface area contributed by atoms with Crippen LogP contribution in [0.4, 0.5) is 0 Å². The van der Waals surface area contributed by atoms with Crippen molar-refractivity contribution in [2.45, 2.75) is 38.7 Å². The zero-order valence-corrected chi connectivity index (χ0v) is 11.1. The third-order valence-corrected chi connectivity index (χ3v) is 2.49. The molecule has 3 N–H and O–H groups in total. The standard InChI is InChI=1S/C14H21NO3/c1-14(2,3)18-13(17)8-10(9-15)11-6-4-5-7-12(11)16/h4-7,10,16H,8-9,15H2,1-3H3. The summed E-state index contributed by atoms with van der Waals surface area (Å²) in [5, 5.41) is 9.75. The first-order valence-electron chi connectivity index (χ1n) is 6.03. The van der Waals surface area contributed by atoms with E-state index in [1.165, 1.54) is 0 Å². The maximum absolute atomic E-state index is 11.8. The number of aromatic hydroxyl groups is 1. The van der Waals surface area contributed by atoms with Crippen LogP contribution < -0.4 is 5.73 Å². The third kappa shape index (κ3) is 4.37. The van der Waals surface area contributed by atoms with Crippen LogP contribution in [0, 0.1) is 0 Å². The van der Waals surface area contributed by atoms with Gasteiger partial charge in [0, 0.05) is 5.92 Å². The van der Waals surface area contributed by atoms with Gasteiger partial charge in [0.1, 0.15) is 11.4 Å². The number of carbonyl (C=O) groups excluding carboxylic acids is 1. The normalized spacial score (nSPS) is 13.1. The Balaban J connectivity index is 2.74. The lowest BCUT2D eigenvalue weighted by Gasteiger charge is -2.22. The maximum Gasteiger partial charge on any atom is 0.306 e. The summed E-state index contributed by atoms with van der Waals surface area (Å²) in [6.45, 7) is 5.75. The van der Waals surface area contributed by atoms with Crippen molar-refractivity contribution >= 4 is 5.97 Å². The molecule has 0 heterocycles. The molecular weight excluding hydrogens is 230 g/mol. The van der Waals surface area contributed by atoms with E-state index in [1.807, 2.05) is 26.8 Å². The molecule has 1 rings (SSSR count). The van der Waals surface area contributed by atoms with E-state index in [9.17, 15) is 9.90 Å². The van der Waals surface area contributed by atoms with Crippen molar-refractivity contribution in [2.75, 3.05) is 6.54 Å². The molecule has 0 aliphatic rings. The van der Waals surface area contributed by atoms with Gasteiger partial charge in [0.25, 0.3) is 0 Å². The summed E-state index contributed by atoms with van der Waals surface area (Å²) >= 11 is 0. The Morgan fingerprint density at radius 2 is 2.00 bits per heavy atom. The Kier molecular flexibility index (Phi) is 4.73. The number of phenols is 1. The van der Waals surface area contributed by atoms with Gasteiger partial charge >= 0.3 is 5.97 Å². The number of hydrogen-bond donors (Lipinski definition) is 2. The predicted molar refractivity (Wildman–Crippen MR) is 70.4 cm³/mol. The van der Waals surface area contributed by atoms with Gasteiger partial charge in [0.15, 0.2) is 0 Å². The van der Waals surface area contributed by atoms with Gasteiger partial charge in [0.2, 0.25) is 0 Å². The summed E-state index contributed by atoms with van der Waals surface area (Å²) in [4.78, 5) is 11.8. The summed E-state index contributed by atoms with van der Waals surface area (Å²) in [5.74, 6) is -0.362. The Bertz CT molecular complexity index is 410. The summed E-state index contributed by atoms with van der Waals surface area (Å²) in [7, 11) is 0. The van der Waals surface area contributed by atoms with E-state index >= 15 is 0 Å². The molecular formula is C14H21NO3. The average molecular weight is 251 g/mol. The van der Waals surface area contributed by atoms with Crippen LogP contribution in [0.3, 0.4) is 0 Å². The SMILES string of the molecule is CC(C)(C)OC(=O)CC(CN)c1ccccc1O. The van der Waals surface area contributed by atoms with Crippen LogP contribution in [0.5, 0.6) is 5.75 Å². The molecule has 0 saturated carbocycles. The van der Waals surface area contributed by atoms with Gasteiger partial charge in [-0.15, -0.1) is 0 Å². The number of esters is 1. The Morgan fingerprint density at radius 1 is 1.39 bits per heavy atom. The molecule has 1 aromatic rings. The number of carbonyl (C=O) groups is 1. The molecule has 1 unspecified atom stereocenters. The lowest BCUT2D eigenvalue weighted by molar-refractivity contribution is -0.155. The van der Waals surface area contributed by atoms with Gasteiger partial charge in [-0.1, -0.05) is 18.2 Å². The van der Waals surface area contributed by atoms with Crippen molar-refractivity contribution in [3.05, 3.63) is 29.8 Å². The van der Waals surface area contributed by atoms with Crippen molar-refractivity contribution in [1.29, 1.82) is 0 Å². The van der Waals surface area contributed by atoms with Crippen molar-refractivity contribution in [3.63, 3.8) is 0 Å². The van der Waals surface area contributed by atoms with Gasteiger partial charge in [-0.3, -0.25) is 4.79 Å². The highest BCUT2D eigenvalue weighted by atomic mass is 16.6. The molecule has 0 aliphatic heterocycles. The molecule has 18 heavy (non-hydrogen) atoms. The molecule has 4 heteroatoms. The number of nitrogens with two attached hydrogens (primary N) is 1. The Morgan fingerprint density at radius 3 is 2.50 bits per heavy atom. The quantitative estimate of drug-likeness (QED) is 0.804. The highest BCUT2D eigenvalue weighted by Gasteiger charge is 2.22. The van der Waals surface area contributed by atoms with Crippen LogP contribution in [0.25, 0.3) is 0 Å². The van der Waals surface area contributed by atoms with Gasteiger partial charge < -0.3 is 15.6 Å². The lowest BCUT2D eigenvalue weighted by atomic mass is 9.95. The zero-order valence-electron chi connectivity index (χ0n) is 11.1. The minimum absolute atomic E-state index is 0.163. The van der Waals surface area contributed by atoms with Crippen molar-refractivity contribution < 1.29 is 14.6 Å². The highest BCUT2D eigenvalue weighted by Crippen LogP contribution is 2.28. The minimum atomic E-state index is -0.505. The van der Waals surface area contributed by atoms with Crippen LogP contribution in [-0.4, -0.2) is 23.2 Å². The number of hydrogen-bond acceptors (Lipinski definition) is 4. The maximum atomic E-state index is 11.8. The number of phenolic OH excluding ortho intramolecular Hbond substituents is 1. The van der Waals surface area contributed by atoms with Crippen molar-refractivity contribution in [2.24, 2.45) is 5.73 Å². The molecule has 0 amide bonds. The van der Waals surface area contributed by atoms with Crippen molar-refractivity contribution in [3.8, 4) is 5.75 Å². The molecule has 4 nitrogen and oxygen atoms in total. The minimum Gasteiger partial charge on any atom is -0.508 e. The predicted octanol–water partition coefficient (Wildman–Crippen LogP) is 2.17. The summed E-state index contributed by atoms with van der Waals surface area (Å²) < 4.78 is 5.26. The van der Waals surface area contributed by atoms with Crippen LogP contribution in [0.1, 0.15) is 38.7 Å². The second kappa shape index (κ2) is 5.87. The van der Waals surface area contributed by atoms with Crippen LogP contribution >= 0.6 is 0 Å². The first kappa shape index (κ1) is 14.5. The van der Waals surface area contributed by atoms with Gasteiger partial charge in [0.05, 0.1) is 6.42 Å². The van der Waals surface area contributed by atoms with E-state index in [1.54, 1.807) is 18.2 Å². The fourth-order valence-corrected chi connectivity index (χ4v) is 1.74. The second-order valence-electron chi connectivity index (χ2n) is 5.28. The topological polar surface area (TPSA) is 72.5 Å². The fraction of sp³-hybridized carbons (Fsp3) is 0.500. The molecule has 0 bridgehead atoms. The summed E-state index contributed by atoms with van der Waals surface area (Å²) in [6.07, 6.45) is 0.172.